The molecule has 0 fully saturated rings. The first-order valence-electron chi connectivity index (χ1n) is 9.12. The lowest BCUT2D eigenvalue weighted by atomic mass is 10.1. The maximum atomic E-state index is 10.7. The van der Waals surface area contributed by atoms with Gasteiger partial charge in [0.15, 0.2) is 0 Å². The molecule has 3 aromatic carbocycles. The van der Waals surface area contributed by atoms with Gasteiger partial charge in [-0.05, 0) is 73.5 Å². The number of fused-ring (bicyclic) bond motifs is 1. The smallest absolute Gasteiger partial charge is 0.125 e. The van der Waals surface area contributed by atoms with Crippen LogP contribution in [0.3, 0.4) is 0 Å². The molecule has 4 rings (SSSR count). The molecule has 1 heterocycles. The van der Waals surface area contributed by atoms with Crippen LogP contribution in [0.4, 0.5) is 0 Å². The summed E-state index contributed by atoms with van der Waals surface area (Å²) in [6, 6.07) is 18.5. The van der Waals surface area contributed by atoms with Gasteiger partial charge in [-0.25, -0.2) is 9.97 Å². The van der Waals surface area contributed by atoms with E-state index in [0.29, 0.717) is 27.0 Å². The number of aliphatic hydroxyl groups is 1. The summed E-state index contributed by atoms with van der Waals surface area (Å²) in [5.41, 5.74) is 6.66. The molecule has 29 heavy (non-hydrogen) atoms. The number of aliphatic hydroxyl groups excluding tert-OH is 1. The van der Waals surface area contributed by atoms with Crippen molar-refractivity contribution in [3.05, 3.63) is 93.1 Å². The van der Waals surface area contributed by atoms with Crippen LogP contribution in [0.1, 0.15) is 22.4 Å². The van der Waals surface area contributed by atoms with Crippen molar-refractivity contribution in [1.82, 2.24) is 9.97 Å². The second-order valence-electron chi connectivity index (χ2n) is 6.93. The Morgan fingerprint density at radius 2 is 1.31 bits per heavy atom. The lowest BCUT2D eigenvalue weighted by Gasteiger charge is -2.10. The molecule has 3 nitrogen and oxygen atoms in total. The van der Waals surface area contributed by atoms with Crippen molar-refractivity contribution in [2.45, 2.75) is 13.8 Å². The predicted molar refractivity (Wildman–Crippen MR) is 121 cm³/mol. The van der Waals surface area contributed by atoms with E-state index in [9.17, 15) is 5.11 Å². The van der Waals surface area contributed by atoms with E-state index in [-0.39, 0.29) is 5.76 Å². The maximum absolute atomic E-state index is 10.7. The number of hydrogen-bond acceptors (Lipinski definition) is 3. The standard InChI is InChI=1S/C24H18Cl2N2O/c1-14-11-20-21(12-15(14)2)28-24(17-5-9-19(26)10-6-17)22(27-20)13-23(29)16-3-7-18(25)8-4-16/h3-13,29H,1-2H3/b23-13-. The zero-order chi connectivity index (χ0) is 20.5. The highest BCUT2D eigenvalue weighted by atomic mass is 35.5. The van der Waals surface area contributed by atoms with Gasteiger partial charge in [0.05, 0.1) is 22.4 Å². The lowest BCUT2D eigenvalue weighted by molar-refractivity contribution is 0.515. The number of benzene rings is 3. The Bertz CT molecular complexity index is 1230. The first-order chi connectivity index (χ1) is 13.9. The van der Waals surface area contributed by atoms with Crippen molar-refractivity contribution >= 4 is 46.1 Å². The second kappa shape index (κ2) is 7.86. The van der Waals surface area contributed by atoms with E-state index in [1.54, 1.807) is 30.3 Å². The number of nitrogens with zero attached hydrogens (tertiary/aromatic N) is 2. The fourth-order valence-corrected chi connectivity index (χ4v) is 3.33. The van der Waals surface area contributed by atoms with Gasteiger partial charge < -0.3 is 5.11 Å². The third-order valence-corrected chi connectivity index (χ3v) is 5.34. The molecule has 0 saturated heterocycles. The highest BCUT2D eigenvalue weighted by Crippen LogP contribution is 2.28. The molecular formula is C24H18Cl2N2O. The van der Waals surface area contributed by atoms with Crippen LogP contribution in [-0.4, -0.2) is 15.1 Å². The van der Waals surface area contributed by atoms with Crippen LogP contribution in [0.25, 0.3) is 34.1 Å². The summed E-state index contributed by atoms with van der Waals surface area (Å²) in [5.74, 6) is 0.0920. The van der Waals surface area contributed by atoms with Gasteiger partial charge in [0.25, 0.3) is 0 Å². The first-order valence-corrected chi connectivity index (χ1v) is 9.88. The Morgan fingerprint density at radius 1 is 0.793 bits per heavy atom. The highest BCUT2D eigenvalue weighted by molar-refractivity contribution is 6.30. The number of hydrogen-bond donors (Lipinski definition) is 1. The Labute approximate surface area is 179 Å². The molecule has 0 amide bonds. The largest absolute Gasteiger partial charge is 0.507 e. The molecule has 0 aliphatic rings. The van der Waals surface area contributed by atoms with E-state index in [1.807, 2.05) is 43.3 Å². The minimum absolute atomic E-state index is 0.0920. The summed E-state index contributed by atoms with van der Waals surface area (Å²) in [5, 5.41) is 11.9. The third-order valence-electron chi connectivity index (χ3n) is 4.84. The second-order valence-corrected chi connectivity index (χ2v) is 7.80. The molecule has 144 valence electrons. The van der Waals surface area contributed by atoms with Gasteiger partial charge >= 0.3 is 0 Å². The number of aryl methyl sites for hydroxylation is 2. The minimum Gasteiger partial charge on any atom is -0.507 e. The number of halogens is 2. The summed E-state index contributed by atoms with van der Waals surface area (Å²) in [6.07, 6.45) is 1.63. The average molecular weight is 421 g/mol. The van der Waals surface area contributed by atoms with Crippen molar-refractivity contribution in [3.8, 4) is 11.3 Å². The minimum atomic E-state index is 0.0920. The van der Waals surface area contributed by atoms with Crippen LogP contribution < -0.4 is 0 Å². The van der Waals surface area contributed by atoms with E-state index in [2.05, 4.69) is 6.92 Å². The summed E-state index contributed by atoms with van der Waals surface area (Å²) in [4.78, 5) is 9.66. The number of rotatable bonds is 3. The molecule has 0 saturated carbocycles. The zero-order valence-corrected chi connectivity index (χ0v) is 17.5. The van der Waals surface area contributed by atoms with Crippen molar-refractivity contribution in [1.29, 1.82) is 0 Å². The monoisotopic (exact) mass is 420 g/mol. The topological polar surface area (TPSA) is 46.0 Å². The van der Waals surface area contributed by atoms with Gasteiger partial charge in [-0.2, -0.15) is 0 Å². The normalized spacial score (nSPS) is 11.8. The van der Waals surface area contributed by atoms with Crippen LogP contribution in [0.15, 0.2) is 60.7 Å². The molecule has 4 aromatic rings. The van der Waals surface area contributed by atoms with Crippen molar-refractivity contribution in [2.24, 2.45) is 0 Å². The quantitative estimate of drug-likeness (QED) is 0.354. The molecule has 1 N–H and O–H groups in total. The SMILES string of the molecule is Cc1cc2nc(/C=C(\O)c3ccc(Cl)cc3)c(-c3ccc(Cl)cc3)nc2cc1C. The Hall–Kier alpha value is -2.88. The summed E-state index contributed by atoms with van der Waals surface area (Å²) in [6.45, 7) is 4.10. The molecule has 0 aliphatic heterocycles. The van der Waals surface area contributed by atoms with Gasteiger partial charge in [-0.1, -0.05) is 35.3 Å². The Kier molecular flexibility index (Phi) is 5.27. The lowest BCUT2D eigenvalue weighted by Crippen LogP contribution is -1.97. The fourth-order valence-electron chi connectivity index (χ4n) is 3.08. The van der Waals surface area contributed by atoms with E-state index in [4.69, 9.17) is 33.2 Å². The van der Waals surface area contributed by atoms with Gasteiger partial charge in [-0.15, -0.1) is 0 Å². The van der Waals surface area contributed by atoms with E-state index in [0.717, 1.165) is 27.7 Å². The molecule has 0 spiro atoms. The van der Waals surface area contributed by atoms with Crippen LogP contribution >= 0.6 is 23.2 Å². The molecule has 0 atom stereocenters. The van der Waals surface area contributed by atoms with Gasteiger partial charge in [0.1, 0.15) is 5.76 Å². The van der Waals surface area contributed by atoms with E-state index in [1.165, 1.54) is 0 Å². The van der Waals surface area contributed by atoms with Crippen molar-refractivity contribution in [3.63, 3.8) is 0 Å². The fraction of sp³-hybridized carbons (Fsp3) is 0.0833. The summed E-state index contributed by atoms with van der Waals surface area (Å²) >= 11 is 12.0. The van der Waals surface area contributed by atoms with E-state index < -0.39 is 0 Å². The predicted octanol–water partition coefficient (Wildman–Crippen LogP) is 7.28. The van der Waals surface area contributed by atoms with E-state index >= 15 is 0 Å². The maximum Gasteiger partial charge on any atom is 0.125 e. The van der Waals surface area contributed by atoms with Crippen molar-refractivity contribution in [2.75, 3.05) is 0 Å². The first kappa shape index (κ1) is 19.4. The molecule has 1 aromatic heterocycles. The van der Waals surface area contributed by atoms with Crippen LogP contribution in [0, 0.1) is 13.8 Å². The summed E-state index contributed by atoms with van der Waals surface area (Å²) < 4.78 is 0. The zero-order valence-electron chi connectivity index (χ0n) is 15.9. The van der Waals surface area contributed by atoms with Crippen LogP contribution in [0.5, 0.6) is 0 Å². The van der Waals surface area contributed by atoms with Gasteiger partial charge in [0.2, 0.25) is 0 Å². The molecular weight excluding hydrogens is 403 g/mol. The Balaban J connectivity index is 1.93. The molecule has 5 heteroatoms. The molecule has 0 radical (unpaired) electrons. The average Bonchev–Trinajstić information content (AvgIpc) is 2.70. The van der Waals surface area contributed by atoms with Crippen LogP contribution in [0.2, 0.25) is 10.0 Å². The third kappa shape index (κ3) is 4.12. The Morgan fingerprint density at radius 3 is 1.90 bits per heavy atom. The van der Waals surface area contributed by atoms with Crippen molar-refractivity contribution < 1.29 is 5.11 Å². The summed E-state index contributed by atoms with van der Waals surface area (Å²) in [7, 11) is 0. The molecule has 0 aliphatic carbocycles. The molecule has 0 unspecified atom stereocenters. The van der Waals surface area contributed by atoms with Gasteiger partial charge in [0, 0.05) is 27.2 Å². The van der Waals surface area contributed by atoms with Gasteiger partial charge in [-0.3, -0.25) is 0 Å². The molecule has 0 bridgehead atoms. The highest BCUT2D eigenvalue weighted by Gasteiger charge is 2.12. The number of aromatic nitrogens is 2. The van der Waals surface area contributed by atoms with Crippen LogP contribution in [-0.2, 0) is 0 Å².